The van der Waals surface area contributed by atoms with Crippen LogP contribution in [-0.2, 0) is 41.8 Å². The summed E-state index contributed by atoms with van der Waals surface area (Å²) >= 11 is 0. The van der Waals surface area contributed by atoms with Crippen LogP contribution in [0.1, 0.15) is 101 Å². The van der Waals surface area contributed by atoms with E-state index in [-0.39, 0.29) is 37.4 Å². The van der Waals surface area contributed by atoms with E-state index in [0.717, 1.165) is 68.9 Å². The van der Waals surface area contributed by atoms with Crippen LogP contribution in [0.25, 0.3) is 12.2 Å². The Morgan fingerprint density at radius 3 is 1.37 bits per heavy atom. The highest BCUT2D eigenvalue weighted by atomic mass is 16.6. The van der Waals surface area contributed by atoms with Crippen LogP contribution >= 0.6 is 0 Å². The van der Waals surface area contributed by atoms with Gasteiger partial charge in [0.1, 0.15) is 25.4 Å². The summed E-state index contributed by atoms with van der Waals surface area (Å²) < 4.78 is 21.7. The molecule has 2 fully saturated rings. The molecule has 4 aromatic carbocycles. The largest absolute Gasteiger partial charge is 0.459 e. The summed E-state index contributed by atoms with van der Waals surface area (Å²) in [6.07, 6.45) is 18.5. The Balaban J connectivity index is 0.000000238. The van der Waals surface area contributed by atoms with E-state index in [1.165, 1.54) is 12.2 Å². The highest BCUT2D eigenvalue weighted by Crippen LogP contribution is 2.30. The van der Waals surface area contributed by atoms with Gasteiger partial charge in [-0.25, -0.2) is 19.2 Å². The number of anilines is 4. The monoisotopic (exact) mass is 854 g/mol. The summed E-state index contributed by atoms with van der Waals surface area (Å²) in [6, 6.07) is 23.9. The lowest BCUT2D eigenvalue weighted by molar-refractivity contribution is -0.139. The number of carbonyl (C=O) groups is 4. The predicted octanol–water partition coefficient (Wildman–Crippen LogP) is 9.41. The van der Waals surface area contributed by atoms with Crippen molar-refractivity contribution in [3.63, 3.8) is 0 Å². The summed E-state index contributed by atoms with van der Waals surface area (Å²) in [5.74, 6) is -0.453. The van der Waals surface area contributed by atoms with Gasteiger partial charge in [0.2, 0.25) is 0 Å². The molecule has 0 amide bonds. The Labute approximate surface area is 369 Å². The molecule has 4 aromatic rings. The molecular weight excluding hydrogens is 797 g/mol. The standard InChI is InChI=1S/C26H30N2O4.C25H28N2O4/c1-2-3-18-6-12-23(13-7-18)32-26(30)20-9-4-19(5-10-20)8-15-25(29)31-17-21-16-22(27)11-14-24(21)28;1-2-17-5-11-22(12-6-17)31-25(29)19-8-3-18(4-9-19)7-14-24(28)30-16-20-15-21(26)10-13-23(20)27/h2,4-5,8-11,14-16,18,23H,1,3,6-7,12-13,17,27-28H2;2-4,7-10,13-15,17,22H,1,5-6,11-12,16,26-27H2/b15-8+;14-7+. The highest BCUT2D eigenvalue weighted by Gasteiger charge is 2.24. The van der Waals surface area contributed by atoms with Gasteiger partial charge in [-0.2, -0.15) is 0 Å². The second-order valence-electron chi connectivity index (χ2n) is 15.8. The Hall–Kier alpha value is -7.08. The number of rotatable bonds is 15. The Morgan fingerprint density at radius 2 is 0.968 bits per heavy atom. The smallest absolute Gasteiger partial charge is 0.338 e. The van der Waals surface area contributed by atoms with E-state index >= 15 is 0 Å². The molecule has 0 unspecified atom stereocenters. The topological polar surface area (TPSA) is 209 Å². The first kappa shape index (κ1) is 47.0. The number of carbonyl (C=O) groups excluding carboxylic acids is 4. The molecule has 12 heteroatoms. The summed E-state index contributed by atoms with van der Waals surface area (Å²) in [5, 5.41) is 0. The molecule has 0 spiro atoms. The van der Waals surface area contributed by atoms with Gasteiger partial charge in [-0.1, -0.05) is 36.4 Å². The first-order valence-corrected chi connectivity index (χ1v) is 21.2. The number of esters is 4. The molecule has 0 aliphatic heterocycles. The molecule has 0 radical (unpaired) electrons. The van der Waals surface area contributed by atoms with Crippen LogP contribution < -0.4 is 22.9 Å². The third-order valence-corrected chi connectivity index (χ3v) is 11.1. The average Bonchev–Trinajstić information content (AvgIpc) is 3.29. The zero-order chi connectivity index (χ0) is 45.1. The maximum absolute atomic E-state index is 12.4. The van der Waals surface area contributed by atoms with Crippen molar-refractivity contribution >= 4 is 58.8 Å². The Bertz CT molecular complexity index is 2250. The number of hydrogen-bond acceptors (Lipinski definition) is 12. The summed E-state index contributed by atoms with van der Waals surface area (Å²) in [5.41, 5.74) is 29.1. The van der Waals surface area contributed by atoms with E-state index in [2.05, 4.69) is 13.2 Å². The van der Waals surface area contributed by atoms with E-state index in [1.807, 2.05) is 12.2 Å². The van der Waals surface area contributed by atoms with Gasteiger partial charge in [-0.3, -0.25) is 0 Å². The van der Waals surface area contributed by atoms with Gasteiger partial charge in [-0.05, 0) is 154 Å². The zero-order valence-electron chi connectivity index (χ0n) is 35.6. The van der Waals surface area contributed by atoms with Crippen LogP contribution in [0.5, 0.6) is 0 Å². The van der Waals surface area contributed by atoms with Crippen molar-refractivity contribution < 1.29 is 38.1 Å². The number of benzene rings is 4. The van der Waals surface area contributed by atoms with Gasteiger partial charge in [-0.15, -0.1) is 13.2 Å². The van der Waals surface area contributed by atoms with Gasteiger partial charge >= 0.3 is 23.9 Å². The van der Waals surface area contributed by atoms with Crippen LogP contribution in [0.4, 0.5) is 22.7 Å². The van der Waals surface area contributed by atoms with Gasteiger partial charge in [0, 0.05) is 46.0 Å². The van der Waals surface area contributed by atoms with E-state index < -0.39 is 11.9 Å². The maximum atomic E-state index is 12.4. The van der Waals surface area contributed by atoms with Crippen LogP contribution in [0, 0.1) is 11.8 Å². The van der Waals surface area contributed by atoms with E-state index in [9.17, 15) is 19.2 Å². The van der Waals surface area contributed by atoms with Gasteiger partial charge in [0.05, 0.1) is 11.1 Å². The van der Waals surface area contributed by atoms with Crippen LogP contribution in [0.3, 0.4) is 0 Å². The van der Waals surface area contributed by atoms with Crippen molar-refractivity contribution in [2.24, 2.45) is 11.8 Å². The predicted molar refractivity (Wildman–Crippen MR) is 248 cm³/mol. The molecule has 63 heavy (non-hydrogen) atoms. The fraction of sp³-hybridized carbons (Fsp3) is 0.294. The van der Waals surface area contributed by atoms with Crippen molar-refractivity contribution in [1.29, 1.82) is 0 Å². The molecule has 2 aliphatic rings. The SMILES string of the molecule is C=CC1CCC(OC(=O)c2ccc(/C=C/C(=O)OCc3cc(N)ccc3N)cc2)CC1.C=CCC1CCC(OC(=O)c2ccc(/C=C/C(=O)OCc3cc(N)ccc3N)cc2)CC1. The number of hydrogen-bond donors (Lipinski definition) is 4. The molecule has 0 aromatic heterocycles. The lowest BCUT2D eigenvalue weighted by Gasteiger charge is -2.27. The van der Waals surface area contributed by atoms with E-state index in [4.69, 9.17) is 41.9 Å². The molecule has 2 aliphatic carbocycles. The molecule has 330 valence electrons. The maximum Gasteiger partial charge on any atom is 0.338 e. The van der Waals surface area contributed by atoms with Crippen LogP contribution in [0.15, 0.2) is 122 Å². The van der Waals surface area contributed by atoms with E-state index in [1.54, 1.807) is 97.1 Å². The lowest BCUT2D eigenvalue weighted by Crippen LogP contribution is -2.24. The normalized spacial score (nSPS) is 18.3. The molecule has 8 N–H and O–H groups in total. The summed E-state index contributed by atoms with van der Waals surface area (Å²) in [6.45, 7) is 7.71. The molecule has 12 nitrogen and oxygen atoms in total. The number of nitrogen functional groups attached to an aromatic ring is 4. The highest BCUT2D eigenvalue weighted by molar-refractivity contribution is 5.91. The van der Waals surface area contributed by atoms with Crippen LogP contribution in [0.2, 0.25) is 0 Å². The van der Waals surface area contributed by atoms with Crippen LogP contribution in [-0.4, -0.2) is 36.1 Å². The van der Waals surface area contributed by atoms with Crippen molar-refractivity contribution in [3.8, 4) is 0 Å². The quantitative estimate of drug-likeness (QED) is 0.0290. The van der Waals surface area contributed by atoms with Gasteiger partial charge in [0.15, 0.2) is 0 Å². The number of allylic oxidation sites excluding steroid dienone is 2. The third-order valence-electron chi connectivity index (χ3n) is 11.1. The van der Waals surface area contributed by atoms with Crippen molar-refractivity contribution in [2.75, 3.05) is 22.9 Å². The summed E-state index contributed by atoms with van der Waals surface area (Å²) in [4.78, 5) is 48.7. The van der Waals surface area contributed by atoms with Crippen molar-refractivity contribution in [2.45, 2.75) is 83.2 Å². The minimum Gasteiger partial charge on any atom is -0.459 e. The molecule has 0 saturated heterocycles. The molecular formula is C51H58N4O8. The number of ether oxygens (including phenoxy) is 4. The molecule has 0 bridgehead atoms. The second-order valence-corrected chi connectivity index (χ2v) is 15.8. The molecule has 0 heterocycles. The van der Waals surface area contributed by atoms with Gasteiger partial charge < -0.3 is 41.9 Å². The zero-order valence-corrected chi connectivity index (χ0v) is 35.6. The Morgan fingerprint density at radius 1 is 0.556 bits per heavy atom. The molecule has 6 rings (SSSR count). The van der Waals surface area contributed by atoms with Gasteiger partial charge in [0.25, 0.3) is 0 Å². The fourth-order valence-electron chi connectivity index (χ4n) is 7.29. The fourth-order valence-corrected chi connectivity index (χ4v) is 7.29. The molecule has 2 saturated carbocycles. The summed E-state index contributed by atoms with van der Waals surface area (Å²) in [7, 11) is 0. The lowest BCUT2D eigenvalue weighted by atomic mass is 9.85. The molecule has 0 atom stereocenters. The van der Waals surface area contributed by atoms with Crippen molar-refractivity contribution in [3.05, 3.63) is 156 Å². The number of nitrogens with two attached hydrogens (primary N) is 4. The minimum absolute atomic E-state index is 0.0214. The van der Waals surface area contributed by atoms with Crippen molar-refractivity contribution in [1.82, 2.24) is 0 Å². The third kappa shape index (κ3) is 15.4. The first-order valence-electron chi connectivity index (χ1n) is 21.2. The average molecular weight is 855 g/mol. The second kappa shape index (κ2) is 23.8. The Kier molecular flexibility index (Phi) is 17.7. The van der Waals surface area contributed by atoms with E-state index in [0.29, 0.717) is 56.8 Å². The first-order chi connectivity index (χ1) is 30.4. The minimum atomic E-state index is -0.500.